The second kappa shape index (κ2) is 6.09. The highest BCUT2D eigenvalue weighted by atomic mass is 32.2. The minimum atomic E-state index is -3.35. The molecule has 4 heteroatoms. The molecular weight excluding hydrogens is 272 g/mol. The predicted molar refractivity (Wildman–Crippen MR) is 79.5 cm³/mol. The van der Waals surface area contributed by atoms with E-state index in [2.05, 4.69) is 0 Å². The van der Waals surface area contributed by atoms with Crippen LogP contribution >= 0.6 is 0 Å². The van der Waals surface area contributed by atoms with Crippen molar-refractivity contribution in [2.24, 2.45) is 0 Å². The summed E-state index contributed by atoms with van der Waals surface area (Å²) in [7, 11) is -3.35. The summed E-state index contributed by atoms with van der Waals surface area (Å²) in [4.78, 5) is 0.333. The number of para-hydroxylation sites is 1. The second-order valence-corrected chi connectivity index (χ2v) is 6.84. The van der Waals surface area contributed by atoms with Crippen molar-refractivity contribution in [2.75, 3.05) is 0 Å². The smallest absolute Gasteiger partial charge is 0.182 e. The van der Waals surface area contributed by atoms with Gasteiger partial charge < -0.3 is 4.74 Å². The Morgan fingerprint density at radius 1 is 0.950 bits per heavy atom. The average molecular weight is 290 g/mol. The molecule has 0 unspecified atom stereocenters. The minimum Gasteiger partial charge on any atom is -0.491 e. The van der Waals surface area contributed by atoms with Crippen molar-refractivity contribution in [3.8, 4) is 5.75 Å². The SMILES string of the molecule is CC(C)Oc1ccccc1CS(=O)(=O)c1ccccc1. The van der Waals surface area contributed by atoms with Crippen molar-refractivity contribution in [3.05, 3.63) is 60.2 Å². The summed E-state index contributed by atoms with van der Waals surface area (Å²) in [5.74, 6) is 0.571. The van der Waals surface area contributed by atoms with E-state index in [1.165, 1.54) is 0 Å². The van der Waals surface area contributed by atoms with Gasteiger partial charge in [-0.15, -0.1) is 0 Å². The largest absolute Gasteiger partial charge is 0.491 e. The molecule has 0 aliphatic carbocycles. The van der Waals surface area contributed by atoms with Gasteiger partial charge in [0.1, 0.15) is 5.75 Å². The molecule has 2 rings (SSSR count). The molecule has 0 aliphatic rings. The van der Waals surface area contributed by atoms with Crippen LogP contribution in [0.4, 0.5) is 0 Å². The zero-order chi connectivity index (χ0) is 14.6. The Labute approximate surface area is 120 Å². The molecule has 20 heavy (non-hydrogen) atoms. The lowest BCUT2D eigenvalue weighted by molar-refractivity contribution is 0.240. The van der Waals surface area contributed by atoms with Crippen LogP contribution in [-0.4, -0.2) is 14.5 Å². The highest BCUT2D eigenvalue weighted by Crippen LogP contribution is 2.24. The Balaban J connectivity index is 2.31. The van der Waals surface area contributed by atoms with Crippen molar-refractivity contribution in [1.82, 2.24) is 0 Å². The van der Waals surface area contributed by atoms with Gasteiger partial charge in [0.2, 0.25) is 0 Å². The lowest BCUT2D eigenvalue weighted by atomic mass is 10.2. The lowest BCUT2D eigenvalue weighted by Crippen LogP contribution is -2.10. The maximum Gasteiger partial charge on any atom is 0.182 e. The van der Waals surface area contributed by atoms with Crippen LogP contribution in [0, 0.1) is 0 Å². The van der Waals surface area contributed by atoms with Crippen molar-refractivity contribution < 1.29 is 13.2 Å². The van der Waals surface area contributed by atoms with Gasteiger partial charge in [0.05, 0.1) is 16.8 Å². The van der Waals surface area contributed by atoms with E-state index in [4.69, 9.17) is 4.74 Å². The molecule has 0 fully saturated rings. The van der Waals surface area contributed by atoms with Gasteiger partial charge in [0.15, 0.2) is 9.84 Å². The standard InChI is InChI=1S/C16H18O3S/c1-13(2)19-16-11-7-6-8-14(16)12-20(17,18)15-9-4-3-5-10-15/h3-11,13H,12H2,1-2H3. The third kappa shape index (κ3) is 3.61. The van der Waals surface area contributed by atoms with Gasteiger partial charge in [-0.1, -0.05) is 36.4 Å². The zero-order valence-electron chi connectivity index (χ0n) is 11.6. The Morgan fingerprint density at radius 2 is 1.55 bits per heavy atom. The molecule has 106 valence electrons. The van der Waals surface area contributed by atoms with Crippen LogP contribution in [0.2, 0.25) is 0 Å². The average Bonchev–Trinajstić information content (AvgIpc) is 2.41. The van der Waals surface area contributed by atoms with E-state index in [9.17, 15) is 8.42 Å². The van der Waals surface area contributed by atoms with Crippen molar-refractivity contribution in [2.45, 2.75) is 30.6 Å². The molecule has 0 saturated heterocycles. The van der Waals surface area contributed by atoms with E-state index in [0.29, 0.717) is 16.2 Å². The number of hydrogen-bond donors (Lipinski definition) is 0. The van der Waals surface area contributed by atoms with Crippen molar-refractivity contribution >= 4 is 9.84 Å². The summed E-state index contributed by atoms with van der Waals surface area (Å²) in [6.45, 7) is 3.84. The Kier molecular flexibility index (Phi) is 4.45. The Bertz CT molecular complexity index is 661. The summed E-state index contributed by atoms with van der Waals surface area (Å²) in [5.41, 5.74) is 0.685. The van der Waals surface area contributed by atoms with Gasteiger partial charge in [-0.2, -0.15) is 0 Å². The van der Waals surface area contributed by atoms with Gasteiger partial charge in [0, 0.05) is 5.56 Å². The van der Waals surface area contributed by atoms with Crippen LogP contribution in [0.3, 0.4) is 0 Å². The number of ether oxygens (including phenoxy) is 1. The molecule has 0 amide bonds. The molecule has 2 aromatic carbocycles. The summed E-state index contributed by atoms with van der Waals surface area (Å²) in [6.07, 6.45) is 0.00980. The van der Waals surface area contributed by atoms with Crippen LogP contribution in [0.1, 0.15) is 19.4 Å². The summed E-state index contributed by atoms with van der Waals surface area (Å²) >= 11 is 0. The maximum absolute atomic E-state index is 12.4. The van der Waals surface area contributed by atoms with Gasteiger partial charge >= 0.3 is 0 Å². The molecule has 0 aliphatic heterocycles. The molecule has 0 bridgehead atoms. The normalized spacial score (nSPS) is 11.6. The number of rotatable bonds is 5. The third-order valence-corrected chi connectivity index (χ3v) is 4.46. The molecule has 3 nitrogen and oxygen atoms in total. The fourth-order valence-electron chi connectivity index (χ4n) is 1.91. The van der Waals surface area contributed by atoms with E-state index in [1.54, 1.807) is 42.5 Å². The van der Waals surface area contributed by atoms with Gasteiger partial charge in [-0.3, -0.25) is 0 Å². The number of benzene rings is 2. The molecule has 0 aromatic heterocycles. The van der Waals surface area contributed by atoms with E-state index in [0.717, 1.165) is 0 Å². The van der Waals surface area contributed by atoms with Gasteiger partial charge in [0.25, 0.3) is 0 Å². The highest BCUT2D eigenvalue weighted by Gasteiger charge is 2.17. The summed E-state index contributed by atoms with van der Waals surface area (Å²) in [5, 5.41) is 0. The first kappa shape index (κ1) is 14.6. The summed E-state index contributed by atoms with van der Waals surface area (Å²) < 4.78 is 30.4. The first-order chi connectivity index (χ1) is 9.49. The summed E-state index contributed by atoms with van der Waals surface area (Å²) in [6, 6.07) is 15.7. The van der Waals surface area contributed by atoms with E-state index in [1.807, 2.05) is 26.0 Å². The van der Waals surface area contributed by atoms with Crippen LogP contribution in [0.25, 0.3) is 0 Å². The van der Waals surface area contributed by atoms with Crippen LogP contribution in [0.15, 0.2) is 59.5 Å². The number of sulfone groups is 1. The predicted octanol–water partition coefficient (Wildman–Crippen LogP) is 3.45. The molecule has 2 aromatic rings. The second-order valence-electron chi connectivity index (χ2n) is 4.85. The van der Waals surface area contributed by atoms with Gasteiger partial charge in [-0.05, 0) is 32.0 Å². The Morgan fingerprint density at radius 3 is 2.20 bits per heavy atom. The van der Waals surface area contributed by atoms with E-state index < -0.39 is 9.84 Å². The molecule has 0 heterocycles. The Hall–Kier alpha value is -1.81. The molecule has 0 saturated carbocycles. The first-order valence-corrected chi connectivity index (χ1v) is 8.16. The molecule has 0 spiro atoms. The highest BCUT2D eigenvalue weighted by molar-refractivity contribution is 7.90. The fraction of sp³-hybridized carbons (Fsp3) is 0.250. The van der Waals surface area contributed by atoms with Crippen LogP contribution < -0.4 is 4.74 Å². The molecule has 0 atom stereocenters. The monoisotopic (exact) mass is 290 g/mol. The van der Waals surface area contributed by atoms with Crippen molar-refractivity contribution in [1.29, 1.82) is 0 Å². The van der Waals surface area contributed by atoms with E-state index >= 15 is 0 Å². The van der Waals surface area contributed by atoms with Crippen LogP contribution in [-0.2, 0) is 15.6 Å². The van der Waals surface area contributed by atoms with Crippen molar-refractivity contribution in [3.63, 3.8) is 0 Å². The lowest BCUT2D eigenvalue weighted by Gasteiger charge is -2.14. The molecule has 0 N–H and O–H groups in total. The van der Waals surface area contributed by atoms with Gasteiger partial charge in [-0.25, -0.2) is 8.42 Å². The fourth-order valence-corrected chi connectivity index (χ4v) is 3.29. The quantitative estimate of drug-likeness (QED) is 0.847. The zero-order valence-corrected chi connectivity index (χ0v) is 12.4. The third-order valence-electron chi connectivity index (χ3n) is 2.78. The topological polar surface area (TPSA) is 43.4 Å². The van der Waals surface area contributed by atoms with E-state index in [-0.39, 0.29) is 11.9 Å². The van der Waals surface area contributed by atoms with Crippen LogP contribution in [0.5, 0.6) is 5.75 Å². The first-order valence-electron chi connectivity index (χ1n) is 6.51. The minimum absolute atomic E-state index is 0.00980. The maximum atomic E-state index is 12.4. The molecule has 0 radical (unpaired) electrons. The number of hydrogen-bond acceptors (Lipinski definition) is 3. The molecular formula is C16H18O3S.